The number of rotatable bonds is 4. The van der Waals surface area contributed by atoms with Crippen molar-refractivity contribution in [1.29, 1.82) is 0 Å². The van der Waals surface area contributed by atoms with E-state index in [9.17, 15) is 4.79 Å². The Hall–Kier alpha value is -1.01. The van der Waals surface area contributed by atoms with Gasteiger partial charge in [0, 0.05) is 18.8 Å². The van der Waals surface area contributed by atoms with Gasteiger partial charge in [-0.05, 0) is 39.5 Å². The first-order chi connectivity index (χ1) is 10.6. The van der Waals surface area contributed by atoms with Gasteiger partial charge in [-0.3, -0.25) is 4.79 Å². The maximum absolute atomic E-state index is 12.2. The van der Waals surface area contributed by atoms with Crippen LogP contribution in [0.25, 0.3) is 0 Å². The largest absolute Gasteiger partial charge is 0.376 e. The number of thioether (sulfide) groups is 1. The molecule has 0 radical (unpaired) electrons. The Kier molecular flexibility index (Phi) is 5.08. The highest BCUT2D eigenvalue weighted by molar-refractivity contribution is 8.00. The minimum absolute atomic E-state index is 0.0213. The normalized spacial score (nSPS) is 26.0. The zero-order valence-corrected chi connectivity index (χ0v) is 14.2. The van der Waals surface area contributed by atoms with E-state index in [1.807, 2.05) is 6.92 Å². The summed E-state index contributed by atoms with van der Waals surface area (Å²) in [6.45, 7) is 6.67. The van der Waals surface area contributed by atoms with Gasteiger partial charge in [0.1, 0.15) is 0 Å². The summed E-state index contributed by atoms with van der Waals surface area (Å²) < 4.78 is 8.01. The number of aromatic nitrogens is 2. The molecule has 2 aliphatic heterocycles. The van der Waals surface area contributed by atoms with Crippen molar-refractivity contribution in [2.75, 3.05) is 13.2 Å². The number of hydrogen-bond acceptors (Lipinski definition) is 4. The Morgan fingerprint density at radius 1 is 1.32 bits per heavy atom. The van der Waals surface area contributed by atoms with Crippen molar-refractivity contribution < 1.29 is 9.53 Å². The quantitative estimate of drug-likeness (QED) is 0.925. The van der Waals surface area contributed by atoms with Gasteiger partial charge in [0.2, 0.25) is 5.91 Å². The fourth-order valence-corrected chi connectivity index (χ4v) is 4.33. The lowest BCUT2D eigenvalue weighted by Gasteiger charge is -2.17. The van der Waals surface area contributed by atoms with Crippen LogP contribution in [0.2, 0.25) is 0 Å². The first-order valence-electron chi connectivity index (χ1n) is 8.25. The van der Waals surface area contributed by atoms with Crippen molar-refractivity contribution >= 4 is 17.7 Å². The number of amides is 1. The van der Waals surface area contributed by atoms with Crippen LogP contribution in [0, 0.1) is 13.8 Å². The molecule has 1 N–H and O–H groups in total. The number of carbonyl (C=O) groups is 1. The minimum atomic E-state index is -0.0213. The molecule has 0 aromatic carbocycles. The van der Waals surface area contributed by atoms with Crippen molar-refractivity contribution in [3.63, 3.8) is 0 Å². The Morgan fingerprint density at radius 3 is 2.95 bits per heavy atom. The van der Waals surface area contributed by atoms with Crippen LogP contribution in [0.15, 0.2) is 5.16 Å². The summed E-state index contributed by atoms with van der Waals surface area (Å²) in [4.78, 5) is 16.9. The first kappa shape index (κ1) is 15.9. The monoisotopic (exact) mass is 323 g/mol. The Bertz CT molecular complexity index is 538. The summed E-state index contributed by atoms with van der Waals surface area (Å²) in [7, 11) is 0. The van der Waals surface area contributed by atoms with E-state index in [1.165, 1.54) is 5.69 Å². The molecule has 2 fully saturated rings. The number of nitrogens with one attached hydrogen (secondary N) is 1. The fraction of sp³-hybridized carbons (Fsp3) is 0.750. The third kappa shape index (κ3) is 3.49. The summed E-state index contributed by atoms with van der Waals surface area (Å²) in [6.07, 6.45) is 5.65. The van der Waals surface area contributed by atoms with Gasteiger partial charge < -0.3 is 14.6 Å². The van der Waals surface area contributed by atoms with Crippen LogP contribution in [0.5, 0.6) is 0 Å². The molecule has 0 unspecified atom stereocenters. The second kappa shape index (κ2) is 7.04. The van der Waals surface area contributed by atoms with Crippen molar-refractivity contribution in [1.82, 2.24) is 14.9 Å². The predicted molar refractivity (Wildman–Crippen MR) is 87.2 cm³/mol. The Labute approximate surface area is 136 Å². The molecule has 122 valence electrons. The molecule has 2 saturated heterocycles. The molecule has 1 amide bonds. The van der Waals surface area contributed by atoms with Crippen LogP contribution in [0.4, 0.5) is 0 Å². The number of hydrogen-bond donors (Lipinski definition) is 1. The van der Waals surface area contributed by atoms with Gasteiger partial charge in [0.05, 0.1) is 23.6 Å². The Morgan fingerprint density at radius 2 is 2.18 bits per heavy atom. The van der Waals surface area contributed by atoms with Crippen molar-refractivity contribution in [2.45, 2.75) is 69.0 Å². The smallest absolute Gasteiger partial charge is 0.233 e. The van der Waals surface area contributed by atoms with Crippen LogP contribution < -0.4 is 5.32 Å². The zero-order valence-electron chi connectivity index (χ0n) is 13.4. The van der Waals surface area contributed by atoms with E-state index < -0.39 is 0 Å². The number of aryl methyl sites for hydroxylation is 1. The standard InChI is InChI=1S/C16H25N3O2S/c1-11-12(2)19(10-13-6-5-9-21-13)16(18-11)22-14-7-3-4-8-17-15(14)20/h13-14H,3-10H2,1-2H3,(H,17,20)/t13-,14+/m0/s1. The van der Waals surface area contributed by atoms with Gasteiger partial charge in [-0.1, -0.05) is 18.2 Å². The highest BCUT2D eigenvalue weighted by Crippen LogP contribution is 2.30. The molecule has 2 atom stereocenters. The van der Waals surface area contributed by atoms with E-state index in [-0.39, 0.29) is 17.3 Å². The lowest BCUT2D eigenvalue weighted by Crippen LogP contribution is -2.31. The molecule has 22 heavy (non-hydrogen) atoms. The molecule has 0 saturated carbocycles. The average Bonchev–Trinajstić information content (AvgIpc) is 3.04. The lowest BCUT2D eigenvalue weighted by atomic mass is 10.2. The minimum Gasteiger partial charge on any atom is -0.376 e. The molecule has 2 aliphatic rings. The molecule has 6 heteroatoms. The molecule has 0 bridgehead atoms. The van der Waals surface area contributed by atoms with Gasteiger partial charge in [-0.15, -0.1) is 0 Å². The van der Waals surface area contributed by atoms with E-state index in [0.29, 0.717) is 0 Å². The molecule has 3 rings (SSSR count). The van der Waals surface area contributed by atoms with Crippen LogP contribution in [-0.2, 0) is 16.1 Å². The second-order valence-electron chi connectivity index (χ2n) is 6.20. The zero-order chi connectivity index (χ0) is 15.5. The summed E-state index contributed by atoms with van der Waals surface area (Å²) in [5.74, 6) is 0.157. The number of imidazole rings is 1. The fourth-order valence-electron chi connectivity index (χ4n) is 3.07. The molecule has 1 aromatic heterocycles. The summed E-state index contributed by atoms with van der Waals surface area (Å²) in [5, 5.41) is 3.95. The van der Waals surface area contributed by atoms with E-state index in [1.54, 1.807) is 11.8 Å². The molecule has 5 nitrogen and oxygen atoms in total. The number of ether oxygens (including phenoxy) is 1. The van der Waals surface area contributed by atoms with Gasteiger partial charge in [-0.25, -0.2) is 4.98 Å². The second-order valence-corrected chi connectivity index (χ2v) is 7.37. The highest BCUT2D eigenvalue weighted by atomic mass is 32.2. The van der Waals surface area contributed by atoms with E-state index >= 15 is 0 Å². The van der Waals surface area contributed by atoms with Gasteiger partial charge >= 0.3 is 0 Å². The van der Waals surface area contributed by atoms with Crippen molar-refractivity contribution in [2.24, 2.45) is 0 Å². The van der Waals surface area contributed by atoms with Crippen LogP contribution in [0.1, 0.15) is 43.5 Å². The predicted octanol–water partition coefficient (Wildman–Crippen LogP) is 2.44. The average molecular weight is 323 g/mol. The lowest BCUT2D eigenvalue weighted by molar-refractivity contribution is -0.120. The molecular formula is C16H25N3O2S. The van der Waals surface area contributed by atoms with Crippen LogP contribution >= 0.6 is 11.8 Å². The van der Waals surface area contributed by atoms with E-state index in [2.05, 4.69) is 16.8 Å². The summed E-state index contributed by atoms with van der Waals surface area (Å²) in [5.41, 5.74) is 2.24. The maximum atomic E-state index is 12.2. The molecule has 0 spiro atoms. The third-order valence-corrected chi connectivity index (χ3v) is 5.82. The molecule has 1 aromatic rings. The van der Waals surface area contributed by atoms with Gasteiger partial charge in [-0.2, -0.15) is 0 Å². The summed E-state index contributed by atoms with van der Waals surface area (Å²) in [6, 6.07) is 0. The molecule has 3 heterocycles. The topological polar surface area (TPSA) is 56.2 Å². The highest BCUT2D eigenvalue weighted by Gasteiger charge is 2.26. The SMILES string of the molecule is Cc1nc(S[C@@H]2CCCCNC2=O)n(C[C@@H]2CCCO2)c1C. The van der Waals surface area contributed by atoms with Gasteiger partial charge in [0.15, 0.2) is 5.16 Å². The first-order valence-corrected chi connectivity index (χ1v) is 9.13. The summed E-state index contributed by atoms with van der Waals surface area (Å²) >= 11 is 1.62. The van der Waals surface area contributed by atoms with E-state index in [4.69, 9.17) is 9.72 Å². The van der Waals surface area contributed by atoms with E-state index in [0.717, 1.165) is 62.7 Å². The van der Waals surface area contributed by atoms with Crippen LogP contribution in [-0.4, -0.2) is 40.0 Å². The number of nitrogens with zero attached hydrogens (tertiary/aromatic N) is 2. The van der Waals surface area contributed by atoms with Gasteiger partial charge in [0.25, 0.3) is 0 Å². The third-order valence-electron chi connectivity index (χ3n) is 4.57. The van der Waals surface area contributed by atoms with Crippen molar-refractivity contribution in [3.05, 3.63) is 11.4 Å². The molecular weight excluding hydrogens is 298 g/mol. The number of carbonyl (C=O) groups excluding carboxylic acids is 1. The maximum Gasteiger partial charge on any atom is 0.233 e. The Balaban J connectivity index is 1.76. The van der Waals surface area contributed by atoms with Crippen molar-refractivity contribution in [3.8, 4) is 0 Å². The van der Waals surface area contributed by atoms with Crippen LogP contribution in [0.3, 0.4) is 0 Å². The molecule has 0 aliphatic carbocycles.